The summed E-state index contributed by atoms with van der Waals surface area (Å²) in [5, 5.41) is 3.37. The number of aryl methyl sites for hydroxylation is 1. The molecule has 0 amide bonds. The molecule has 0 bridgehead atoms. The smallest absolute Gasteiger partial charge is 0.126 e. The van der Waals surface area contributed by atoms with Gasteiger partial charge in [0.2, 0.25) is 0 Å². The molecule has 1 aromatic carbocycles. The third-order valence-electron chi connectivity index (χ3n) is 2.55. The molecule has 0 saturated carbocycles. The van der Waals surface area contributed by atoms with E-state index in [0.717, 1.165) is 18.5 Å². The first kappa shape index (κ1) is 12.7. The molecule has 0 aliphatic carbocycles. The van der Waals surface area contributed by atoms with Gasteiger partial charge >= 0.3 is 0 Å². The minimum atomic E-state index is -0.168. The lowest BCUT2D eigenvalue weighted by atomic mass is 10.0. The average molecular weight is 219 g/mol. The Hall–Kier alpha value is -1.33. The fourth-order valence-electron chi connectivity index (χ4n) is 1.63. The number of rotatable bonds is 5. The molecule has 0 spiro atoms. The predicted octanol–water partition coefficient (Wildman–Crippen LogP) is 3.20. The van der Waals surface area contributed by atoms with Crippen LogP contribution in [-0.2, 0) is 0 Å². The van der Waals surface area contributed by atoms with Crippen LogP contribution < -0.4 is 5.32 Å². The molecule has 1 atom stereocenters. The molecule has 1 N–H and O–H groups in total. The van der Waals surface area contributed by atoms with Crippen LogP contribution in [0.1, 0.15) is 36.9 Å². The second-order valence-corrected chi connectivity index (χ2v) is 3.92. The SMILES string of the molecule is C#CCC(NCCC)c1ccc(F)c(C)c1. The Morgan fingerprint density at radius 1 is 1.50 bits per heavy atom. The van der Waals surface area contributed by atoms with Crippen molar-refractivity contribution >= 4 is 0 Å². The van der Waals surface area contributed by atoms with Crippen LogP contribution in [0.3, 0.4) is 0 Å². The summed E-state index contributed by atoms with van der Waals surface area (Å²) in [5.41, 5.74) is 1.73. The monoisotopic (exact) mass is 219 g/mol. The van der Waals surface area contributed by atoms with Crippen molar-refractivity contribution in [2.45, 2.75) is 32.7 Å². The Kier molecular flexibility index (Phi) is 5.01. The summed E-state index contributed by atoms with van der Waals surface area (Å²) >= 11 is 0. The summed E-state index contributed by atoms with van der Waals surface area (Å²) < 4.78 is 13.1. The summed E-state index contributed by atoms with van der Waals surface area (Å²) in [5.74, 6) is 2.49. The van der Waals surface area contributed by atoms with Gasteiger partial charge in [-0.15, -0.1) is 12.3 Å². The largest absolute Gasteiger partial charge is 0.309 e. The van der Waals surface area contributed by atoms with Gasteiger partial charge in [-0.3, -0.25) is 0 Å². The van der Waals surface area contributed by atoms with Gasteiger partial charge in [-0.1, -0.05) is 19.1 Å². The van der Waals surface area contributed by atoms with Gasteiger partial charge in [0.05, 0.1) is 0 Å². The number of terminal acetylenes is 1. The quantitative estimate of drug-likeness (QED) is 0.750. The summed E-state index contributed by atoms with van der Waals surface area (Å²) in [7, 11) is 0. The van der Waals surface area contributed by atoms with Crippen molar-refractivity contribution in [3.05, 3.63) is 35.1 Å². The number of hydrogen-bond acceptors (Lipinski definition) is 1. The molecule has 0 aliphatic heterocycles. The molecule has 0 saturated heterocycles. The lowest BCUT2D eigenvalue weighted by Gasteiger charge is -2.17. The summed E-state index contributed by atoms with van der Waals surface area (Å²) in [6.07, 6.45) is 7.03. The van der Waals surface area contributed by atoms with Crippen molar-refractivity contribution in [1.29, 1.82) is 0 Å². The van der Waals surface area contributed by atoms with E-state index in [0.29, 0.717) is 12.0 Å². The van der Waals surface area contributed by atoms with E-state index < -0.39 is 0 Å². The Bertz CT molecular complexity index is 379. The van der Waals surface area contributed by atoms with E-state index in [1.807, 2.05) is 6.07 Å². The van der Waals surface area contributed by atoms with Crippen molar-refractivity contribution < 1.29 is 4.39 Å². The Morgan fingerprint density at radius 3 is 2.81 bits per heavy atom. The van der Waals surface area contributed by atoms with Gasteiger partial charge in [-0.2, -0.15) is 0 Å². The molecule has 1 nitrogen and oxygen atoms in total. The summed E-state index contributed by atoms with van der Waals surface area (Å²) in [6.45, 7) is 4.80. The maximum Gasteiger partial charge on any atom is 0.126 e. The van der Waals surface area contributed by atoms with E-state index in [9.17, 15) is 4.39 Å². The van der Waals surface area contributed by atoms with Crippen molar-refractivity contribution in [2.24, 2.45) is 0 Å². The molecule has 0 radical (unpaired) electrons. The van der Waals surface area contributed by atoms with Crippen LogP contribution in [0.5, 0.6) is 0 Å². The first-order valence-corrected chi connectivity index (χ1v) is 5.62. The van der Waals surface area contributed by atoms with Crippen LogP contribution >= 0.6 is 0 Å². The highest BCUT2D eigenvalue weighted by Crippen LogP contribution is 2.19. The van der Waals surface area contributed by atoms with Gasteiger partial charge in [-0.25, -0.2) is 4.39 Å². The minimum absolute atomic E-state index is 0.129. The highest BCUT2D eigenvalue weighted by molar-refractivity contribution is 5.27. The lowest BCUT2D eigenvalue weighted by molar-refractivity contribution is 0.539. The molecule has 1 aromatic rings. The Labute approximate surface area is 97.1 Å². The lowest BCUT2D eigenvalue weighted by Crippen LogP contribution is -2.21. The molecule has 86 valence electrons. The van der Waals surface area contributed by atoms with E-state index in [1.165, 1.54) is 6.07 Å². The molecular formula is C14H18FN. The topological polar surface area (TPSA) is 12.0 Å². The number of benzene rings is 1. The van der Waals surface area contributed by atoms with Gasteiger partial charge in [0.1, 0.15) is 5.82 Å². The summed E-state index contributed by atoms with van der Waals surface area (Å²) in [6, 6.07) is 5.29. The highest BCUT2D eigenvalue weighted by Gasteiger charge is 2.10. The van der Waals surface area contributed by atoms with Gasteiger partial charge in [0.15, 0.2) is 0 Å². The fraction of sp³-hybridized carbons (Fsp3) is 0.429. The third-order valence-corrected chi connectivity index (χ3v) is 2.55. The second-order valence-electron chi connectivity index (χ2n) is 3.92. The molecule has 0 fully saturated rings. The van der Waals surface area contributed by atoms with Crippen molar-refractivity contribution in [1.82, 2.24) is 5.32 Å². The molecule has 16 heavy (non-hydrogen) atoms. The molecule has 0 aromatic heterocycles. The van der Waals surface area contributed by atoms with Crippen LogP contribution in [0.4, 0.5) is 4.39 Å². The van der Waals surface area contributed by atoms with Crippen LogP contribution in [0.15, 0.2) is 18.2 Å². The maximum absolute atomic E-state index is 13.1. The fourth-order valence-corrected chi connectivity index (χ4v) is 1.63. The first-order valence-electron chi connectivity index (χ1n) is 5.62. The molecule has 1 unspecified atom stereocenters. The maximum atomic E-state index is 13.1. The molecule has 2 heteroatoms. The normalized spacial score (nSPS) is 12.1. The predicted molar refractivity (Wildman–Crippen MR) is 65.6 cm³/mol. The van der Waals surface area contributed by atoms with Gasteiger partial charge in [-0.05, 0) is 37.1 Å². The Morgan fingerprint density at radius 2 is 2.25 bits per heavy atom. The van der Waals surface area contributed by atoms with E-state index in [1.54, 1.807) is 13.0 Å². The minimum Gasteiger partial charge on any atom is -0.309 e. The van der Waals surface area contributed by atoms with Crippen LogP contribution in [-0.4, -0.2) is 6.54 Å². The van der Waals surface area contributed by atoms with E-state index in [2.05, 4.69) is 18.2 Å². The van der Waals surface area contributed by atoms with Crippen molar-refractivity contribution in [2.75, 3.05) is 6.54 Å². The van der Waals surface area contributed by atoms with Crippen molar-refractivity contribution in [3.63, 3.8) is 0 Å². The number of halogens is 1. The van der Waals surface area contributed by atoms with Gasteiger partial charge < -0.3 is 5.32 Å². The van der Waals surface area contributed by atoms with Gasteiger partial charge in [0, 0.05) is 12.5 Å². The third kappa shape index (κ3) is 3.36. The molecular weight excluding hydrogens is 201 g/mol. The number of nitrogens with one attached hydrogen (secondary N) is 1. The highest BCUT2D eigenvalue weighted by atomic mass is 19.1. The summed E-state index contributed by atoms with van der Waals surface area (Å²) in [4.78, 5) is 0. The van der Waals surface area contributed by atoms with Crippen molar-refractivity contribution in [3.8, 4) is 12.3 Å². The Balaban J connectivity index is 2.84. The van der Waals surface area contributed by atoms with E-state index >= 15 is 0 Å². The first-order chi connectivity index (χ1) is 7.69. The van der Waals surface area contributed by atoms with E-state index in [4.69, 9.17) is 6.42 Å². The second kappa shape index (κ2) is 6.30. The van der Waals surface area contributed by atoms with Gasteiger partial charge in [0.25, 0.3) is 0 Å². The zero-order valence-electron chi connectivity index (χ0n) is 9.89. The zero-order chi connectivity index (χ0) is 12.0. The molecule has 1 rings (SSSR count). The van der Waals surface area contributed by atoms with E-state index in [-0.39, 0.29) is 11.9 Å². The zero-order valence-corrected chi connectivity index (χ0v) is 9.89. The molecule has 0 aliphatic rings. The van der Waals surface area contributed by atoms with Crippen LogP contribution in [0, 0.1) is 25.1 Å². The standard InChI is InChI=1S/C14H18FN/c1-4-6-14(16-9-5-2)12-7-8-13(15)11(3)10-12/h1,7-8,10,14,16H,5-6,9H2,2-3H3. The van der Waals surface area contributed by atoms with Crippen LogP contribution in [0.2, 0.25) is 0 Å². The number of hydrogen-bond donors (Lipinski definition) is 1. The average Bonchev–Trinajstić information content (AvgIpc) is 2.28. The molecule has 0 heterocycles. The van der Waals surface area contributed by atoms with Crippen LogP contribution in [0.25, 0.3) is 0 Å².